The fraction of sp³-hybridized carbons (Fsp3) is 0.562. The summed E-state index contributed by atoms with van der Waals surface area (Å²) in [6.45, 7) is 7.72. The smallest absolute Gasteiger partial charge is 0.0991 e. The Bertz CT molecular complexity index is 428. The van der Waals surface area contributed by atoms with Gasteiger partial charge in [-0.1, -0.05) is 19.1 Å². The second-order valence-electron chi connectivity index (χ2n) is 5.34. The highest BCUT2D eigenvalue weighted by Gasteiger charge is 2.18. The van der Waals surface area contributed by atoms with E-state index < -0.39 is 0 Å². The largest absolute Gasteiger partial charge is 0.317 e. The van der Waals surface area contributed by atoms with Crippen LogP contribution in [0.4, 0.5) is 0 Å². The van der Waals surface area contributed by atoms with Gasteiger partial charge in [0.1, 0.15) is 0 Å². The summed E-state index contributed by atoms with van der Waals surface area (Å²) in [4.78, 5) is 2.50. The summed E-state index contributed by atoms with van der Waals surface area (Å²) in [5, 5.41) is 12.4. The van der Waals surface area contributed by atoms with Crippen molar-refractivity contribution in [3.8, 4) is 6.07 Å². The minimum Gasteiger partial charge on any atom is -0.317 e. The van der Waals surface area contributed by atoms with Crippen molar-refractivity contribution in [1.29, 1.82) is 5.26 Å². The molecule has 19 heavy (non-hydrogen) atoms. The van der Waals surface area contributed by atoms with Crippen LogP contribution in [0.1, 0.15) is 30.9 Å². The van der Waals surface area contributed by atoms with Crippen LogP contribution in [-0.4, -0.2) is 31.1 Å². The van der Waals surface area contributed by atoms with Crippen LogP contribution in [0.5, 0.6) is 0 Å². The van der Waals surface area contributed by atoms with Gasteiger partial charge in [-0.05, 0) is 62.6 Å². The Morgan fingerprint density at radius 3 is 2.84 bits per heavy atom. The van der Waals surface area contributed by atoms with E-state index in [1.54, 1.807) is 0 Å². The molecule has 0 radical (unpaired) electrons. The standard InChI is InChI=1S/C16H23N3/c1-2-18-12-14-6-8-19(9-7-14)13-16-5-3-4-15(10-16)11-17/h3-5,10,14,18H,2,6-9,12-13H2,1H3. The predicted octanol–water partition coefficient (Wildman–Crippen LogP) is 2.38. The first-order chi connectivity index (χ1) is 9.31. The lowest BCUT2D eigenvalue weighted by Crippen LogP contribution is -2.36. The number of hydrogen-bond donors (Lipinski definition) is 1. The summed E-state index contributed by atoms with van der Waals surface area (Å²) in [6, 6.07) is 10.2. The second-order valence-corrected chi connectivity index (χ2v) is 5.34. The maximum atomic E-state index is 8.91. The molecule has 3 nitrogen and oxygen atoms in total. The van der Waals surface area contributed by atoms with Crippen LogP contribution in [0.25, 0.3) is 0 Å². The van der Waals surface area contributed by atoms with Gasteiger partial charge in [0.15, 0.2) is 0 Å². The predicted molar refractivity (Wildman–Crippen MR) is 77.7 cm³/mol. The lowest BCUT2D eigenvalue weighted by molar-refractivity contribution is 0.176. The van der Waals surface area contributed by atoms with Gasteiger partial charge in [0, 0.05) is 6.54 Å². The number of nitriles is 1. The quantitative estimate of drug-likeness (QED) is 0.880. The molecule has 1 aromatic carbocycles. The van der Waals surface area contributed by atoms with Crippen molar-refractivity contribution in [3.63, 3.8) is 0 Å². The van der Waals surface area contributed by atoms with Crippen LogP contribution in [0, 0.1) is 17.2 Å². The SMILES string of the molecule is CCNCC1CCN(Cc2cccc(C#N)c2)CC1. The Morgan fingerprint density at radius 1 is 1.37 bits per heavy atom. The molecular formula is C16H23N3. The van der Waals surface area contributed by atoms with E-state index in [-0.39, 0.29) is 0 Å². The first-order valence-electron chi connectivity index (χ1n) is 7.24. The molecule has 0 bridgehead atoms. The fourth-order valence-corrected chi connectivity index (χ4v) is 2.69. The molecule has 0 spiro atoms. The Hall–Kier alpha value is -1.37. The van der Waals surface area contributed by atoms with Crippen molar-refractivity contribution in [3.05, 3.63) is 35.4 Å². The molecule has 3 heteroatoms. The molecule has 0 aliphatic carbocycles. The minimum atomic E-state index is 0.763. The summed E-state index contributed by atoms with van der Waals surface area (Å²) >= 11 is 0. The molecule has 1 N–H and O–H groups in total. The molecule has 102 valence electrons. The summed E-state index contributed by atoms with van der Waals surface area (Å²) in [7, 11) is 0. The van der Waals surface area contributed by atoms with Crippen molar-refractivity contribution in [1.82, 2.24) is 10.2 Å². The molecule has 0 aromatic heterocycles. The van der Waals surface area contributed by atoms with Crippen LogP contribution in [0.3, 0.4) is 0 Å². The first kappa shape index (κ1) is 14.0. The van der Waals surface area contributed by atoms with Crippen molar-refractivity contribution in [2.75, 3.05) is 26.2 Å². The zero-order chi connectivity index (χ0) is 13.5. The molecule has 2 rings (SSSR count). The van der Waals surface area contributed by atoms with E-state index in [1.807, 2.05) is 18.2 Å². The third-order valence-corrected chi connectivity index (χ3v) is 3.85. The number of piperidine rings is 1. The number of nitrogens with one attached hydrogen (secondary N) is 1. The van der Waals surface area contributed by atoms with E-state index in [4.69, 9.17) is 5.26 Å². The van der Waals surface area contributed by atoms with Gasteiger partial charge < -0.3 is 5.32 Å². The fourth-order valence-electron chi connectivity index (χ4n) is 2.69. The van der Waals surface area contributed by atoms with Crippen LogP contribution in [0.15, 0.2) is 24.3 Å². The van der Waals surface area contributed by atoms with Crippen molar-refractivity contribution >= 4 is 0 Å². The molecule has 0 unspecified atom stereocenters. The third-order valence-electron chi connectivity index (χ3n) is 3.85. The average molecular weight is 257 g/mol. The highest BCUT2D eigenvalue weighted by molar-refractivity contribution is 5.32. The molecule has 1 aliphatic rings. The minimum absolute atomic E-state index is 0.763. The van der Waals surface area contributed by atoms with Gasteiger partial charge in [-0.3, -0.25) is 4.90 Å². The lowest BCUT2D eigenvalue weighted by atomic mass is 9.96. The molecule has 0 saturated carbocycles. The number of benzene rings is 1. The van der Waals surface area contributed by atoms with Crippen molar-refractivity contribution in [2.24, 2.45) is 5.92 Å². The van der Waals surface area contributed by atoms with E-state index >= 15 is 0 Å². The van der Waals surface area contributed by atoms with Gasteiger partial charge in [0.05, 0.1) is 11.6 Å². The molecule has 0 atom stereocenters. The zero-order valence-corrected chi connectivity index (χ0v) is 11.7. The third kappa shape index (κ3) is 4.34. The number of rotatable bonds is 5. The highest BCUT2D eigenvalue weighted by atomic mass is 15.1. The molecule has 1 fully saturated rings. The van der Waals surface area contributed by atoms with Crippen molar-refractivity contribution < 1.29 is 0 Å². The molecule has 1 aliphatic heterocycles. The Morgan fingerprint density at radius 2 is 2.16 bits per heavy atom. The number of likely N-dealkylation sites (tertiary alicyclic amines) is 1. The van der Waals surface area contributed by atoms with Crippen LogP contribution < -0.4 is 5.32 Å². The van der Waals surface area contributed by atoms with Gasteiger partial charge in [-0.15, -0.1) is 0 Å². The van der Waals surface area contributed by atoms with E-state index in [2.05, 4.69) is 29.3 Å². The van der Waals surface area contributed by atoms with E-state index in [0.29, 0.717) is 0 Å². The van der Waals surface area contributed by atoms with Gasteiger partial charge in [-0.2, -0.15) is 5.26 Å². The lowest BCUT2D eigenvalue weighted by Gasteiger charge is -2.32. The van der Waals surface area contributed by atoms with Gasteiger partial charge in [-0.25, -0.2) is 0 Å². The normalized spacial score (nSPS) is 17.3. The number of hydrogen-bond acceptors (Lipinski definition) is 3. The van der Waals surface area contributed by atoms with Crippen molar-refractivity contribution in [2.45, 2.75) is 26.3 Å². The average Bonchev–Trinajstić information content (AvgIpc) is 2.47. The summed E-state index contributed by atoms with van der Waals surface area (Å²) < 4.78 is 0. The topological polar surface area (TPSA) is 39.1 Å². The van der Waals surface area contributed by atoms with Gasteiger partial charge in [0.25, 0.3) is 0 Å². The molecule has 1 aromatic rings. The Kier molecular flexibility index (Phi) is 5.38. The summed E-state index contributed by atoms with van der Waals surface area (Å²) in [5.41, 5.74) is 2.02. The monoisotopic (exact) mass is 257 g/mol. The molecule has 0 amide bonds. The zero-order valence-electron chi connectivity index (χ0n) is 11.7. The first-order valence-corrected chi connectivity index (χ1v) is 7.24. The van der Waals surface area contributed by atoms with E-state index in [0.717, 1.165) is 31.1 Å². The summed E-state index contributed by atoms with van der Waals surface area (Å²) in [5.74, 6) is 0.835. The molecule has 1 heterocycles. The maximum absolute atomic E-state index is 8.91. The highest BCUT2D eigenvalue weighted by Crippen LogP contribution is 2.18. The molecule has 1 saturated heterocycles. The number of nitrogens with zero attached hydrogens (tertiary/aromatic N) is 2. The summed E-state index contributed by atoms with van der Waals surface area (Å²) in [6.07, 6.45) is 2.57. The Labute approximate surface area is 116 Å². The van der Waals surface area contributed by atoms with Crippen LogP contribution in [-0.2, 0) is 6.54 Å². The van der Waals surface area contributed by atoms with E-state index in [1.165, 1.54) is 31.5 Å². The molecular weight excluding hydrogens is 234 g/mol. The van der Waals surface area contributed by atoms with Crippen LogP contribution in [0.2, 0.25) is 0 Å². The van der Waals surface area contributed by atoms with Crippen LogP contribution >= 0.6 is 0 Å². The second kappa shape index (κ2) is 7.28. The van der Waals surface area contributed by atoms with E-state index in [9.17, 15) is 0 Å². The Balaban J connectivity index is 1.80. The van der Waals surface area contributed by atoms with Gasteiger partial charge >= 0.3 is 0 Å². The van der Waals surface area contributed by atoms with Gasteiger partial charge in [0.2, 0.25) is 0 Å². The maximum Gasteiger partial charge on any atom is 0.0991 e.